The third-order valence-corrected chi connectivity index (χ3v) is 6.30. The van der Waals surface area contributed by atoms with Crippen molar-refractivity contribution in [2.75, 3.05) is 45.8 Å². The lowest BCUT2D eigenvalue weighted by Crippen LogP contribution is -2.53. The molecule has 1 aromatic carbocycles. The molecule has 1 aromatic heterocycles. The Morgan fingerprint density at radius 1 is 1.03 bits per heavy atom. The largest absolute Gasteiger partial charge is 0.341 e. The van der Waals surface area contributed by atoms with E-state index in [2.05, 4.69) is 29.1 Å². The van der Waals surface area contributed by atoms with Gasteiger partial charge in [0.1, 0.15) is 5.52 Å². The lowest BCUT2D eigenvalue weighted by atomic mass is 9.92. The topological polar surface area (TPSA) is 74.6 Å². The molecule has 2 fully saturated rings. The maximum atomic E-state index is 12.9. The number of hydrogen-bond donors (Lipinski definition) is 0. The Bertz CT molecular complexity index is 907. The summed E-state index contributed by atoms with van der Waals surface area (Å²) in [6.45, 7) is 12.1. The van der Waals surface area contributed by atoms with E-state index < -0.39 is 0 Å². The maximum Gasteiger partial charge on any atom is 0.254 e. The summed E-state index contributed by atoms with van der Waals surface area (Å²) in [6.07, 6.45) is 1.20. The Morgan fingerprint density at radius 2 is 1.73 bits per heavy atom. The summed E-state index contributed by atoms with van der Waals surface area (Å²) in [7, 11) is 0. The number of amides is 2. The summed E-state index contributed by atoms with van der Waals surface area (Å²) in [6, 6.07) is 5.60. The van der Waals surface area contributed by atoms with Crippen molar-refractivity contribution in [1.82, 2.24) is 29.7 Å². The van der Waals surface area contributed by atoms with Gasteiger partial charge in [-0.25, -0.2) is 4.68 Å². The highest BCUT2D eigenvalue weighted by molar-refractivity contribution is 5.97. The Kier molecular flexibility index (Phi) is 6.04. The second-order valence-corrected chi connectivity index (χ2v) is 8.92. The smallest absolute Gasteiger partial charge is 0.254 e. The van der Waals surface area contributed by atoms with Crippen LogP contribution in [0.25, 0.3) is 11.0 Å². The van der Waals surface area contributed by atoms with Crippen LogP contribution in [0.5, 0.6) is 0 Å². The van der Waals surface area contributed by atoms with Crippen molar-refractivity contribution in [2.45, 2.75) is 33.7 Å². The van der Waals surface area contributed by atoms with E-state index in [1.807, 2.05) is 39.6 Å². The molecule has 162 valence electrons. The van der Waals surface area contributed by atoms with Crippen molar-refractivity contribution in [3.8, 4) is 0 Å². The molecule has 30 heavy (non-hydrogen) atoms. The van der Waals surface area contributed by atoms with E-state index in [0.29, 0.717) is 37.0 Å². The fourth-order valence-electron chi connectivity index (χ4n) is 4.79. The number of nitrogens with zero attached hydrogens (tertiary/aromatic N) is 6. The van der Waals surface area contributed by atoms with Gasteiger partial charge < -0.3 is 9.80 Å². The first kappa shape index (κ1) is 20.8. The van der Waals surface area contributed by atoms with Gasteiger partial charge in [0.15, 0.2) is 0 Å². The van der Waals surface area contributed by atoms with E-state index in [9.17, 15) is 9.59 Å². The van der Waals surface area contributed by atoms with Gasteiger partial charge in [-0.1, -0.05) is 19.1 Å². The van der Waals surface area contributed by atoms with Gasteiger partial charge >= 0.3 is 0 Å². The Morgan fingerprint density at radius 3 is 2.40 bits per heavy atom. The second kappa shape index (κ2) is 8.71. The van der Waals surface area contributed by atoms with Crippen LogP contribution in [0, 0.1) is 11.8 Å². The molecule has 8 heteroatoms. The first-order valence-electron chi connectivity index (χ1n) is 11.1. The standard InChI is InChI=1S/C22H32N6O2/c1-4-28-20-6-5-18(12-19(20)23-24-28)22(30)26-9-7-25(8-10-26)15-21(29)27-13-16(2)11-17(3)14-27/h5-6,12,16-17H,4,7-11,13-15H2,1-3H3. The van der Waals surface area contributed by atoms with Crippen molar-refractivity contribution in [2.24, 2.45) is 11.8 Å². The summed E-state index contributed by atoms with van der Waals surface area (Å²) < 4.78 is 1.82. The van der Waals surface area contributed by atoms with Crippen molar-refractivity contribution in [3.63, 3.8) is 0 Å². The number of likely N-dealkylation sites (tertiary alicyclic amines) is 1. The Hall–Kier alpha value is -2.48. The minimum Gasteiger partial charge on any atom is -0.341 e. The first-order valence-corrected chi connectivity index (χ1v) is 11.1. The van der Waals surface area contributed by atoms with E-state index in [0.717, 1.165) is 43.8 Å². The average Bonchev–Trinajstić information content (AvgIpc) is 3.15. The Labute approximate surface area is 177 Å². The summed E-state index contributed by atoms with van der Waals surface area (Å²) >= 11 is 0. The zero-order valence-electron chi connectivity index (χ0n) is 18.3. The lowest BCUT2D eigenvalue weighted by Gasteiger charge is -2.38. The fraction of sp³-hybridized carbons (Fsp3) is 0.636. The molecule has 4 rings (SSSR count). The number of carbonyl (C=O) groups excluding carboxylic acids is 2. The van der Waals surface area contributed by atoms with Crippen molar-refractivity contribution < 1.29 is 9.59 Å². The third kappa shape index (κ3) is 4.33. The first-order chi connectivity index (χ1) is 14.4. The number of hydrogen-bond acceptors (Lipinski definition) is 5. The van der Waals surface area contributed by atoms with Crippen molar-refractivity contribution >= 4 is 22.8 Å². The predicted octanol–water partition coefficient (Wildman–Crippen LogP) is 1.71. The van der Waals surface area contributed by atoms with E-state index in [-0.39, 0.29) is 11.8 Å². The number of rotatable bonds is 4. The molecular weight excluding hydrogens is 380 g/mol. The zero-order valence-corrected chi connectivity index (χ0v) is 18.3. The van der Waals surface area contributed by atoms with Crippen molar-refractivity contribution in [1.29, 1.82) is 0 Å². The molecule has 8 nitrogen and oxygen atoms in total. The molecule has 0 saturated carbocycles. The van der Waals surface area contributed by atoms with Gasteiger partial charge in [0.2, 0.25) is 5.91 Å². The number of piperazine rings is 1. The number of aromatic nitrogens is 3. The highest BCUT2D eigenvalue weighted by Gasteiger charge is 2.28. The summed E-state index contributed by atoms with van der Waals surface area (Å²) in [5.41, 5.74) is 2.34. The number of carbonyl (C=O) groups is 2. The summed E-state index contributed by atoms with van der Waals surface area (Å²) in [4.78, 5) is 31.7. The number of piperidine rings is 1. The van der Waals surface area contributed by atoms with E-state index in [4.69, 9.17) is 0 Å². The monoisotopic (exact) mass is 412 g/mol. The van der Waals surface area contributed by atoms with E-state index in [1.54, 1.807) is 0 Å². The minimum absolute atomic E-state index is 0.0209. The molecule has 2 aromatic rings. The minimum atomic E-state index is 0.0209. The van der Waals surface area contributed by atoms with Crippen LogP contribution >= 0.6 is 0 Å². The molecule has 2 amide bonds. The van der Waals surface area contributed by atoms with Crippen LogP contribution in [-0.4, -0.2) is 87.3 Å². The molecule has 2 unspecified atom stereocenters. The molecule has 2 atom stereocenters. The van der Waals surface area contributed by atoms with Crippen LogP contribution in [0.2, 0.25) is 0 Å². The molecule has 2 saturated heterocycles. The number of benzene rings is 1. The van der Waals surface area contributed by atoms with Crippen LogP contribution in [-0.2, 0) is 11.3 Å². The Balaban J connectivity index is 1.32. The van der Waals surface area contributed by atoms with Gasteiger partial charge in [0.05, 0.1) is 12.1 Å². The molecule has 0 radical (unpaired) electrons. The van der Waals surface area contributed by atoms with Gasteiger partial charge in [-0.15, -0.1) is 5.10 Å². The van der Waals surface area contributed by atoms with Crippen LogP contribution < -0.4 is 0 Å². The number of aryl methyl sites for hydroxylation is 1. The van der Waals surface area contributed by atoms with Crippen LogP contribution in [0.4, 0.5) is 0 Å². The van der Waals surface area contributed by atoms with Crippen molar-refractivity contribution in [3.05, 3.63) is 23.8 Å². The average molecular weight is 413 g/mol. The molecule has 0 N–H and O–H groups in total. The van der Waals surface area contributed by atoms with E-state index in [1.165, 1.54) is 6.42 Å². The van der Waals surface area contributed by atoms with Crippen LogP contribution in [0.15, 0.2) is 18.2 Å². The predicted molar refractivity (Wildman–Crippen MR) is 115 cm³/mol. The van der Waals surface area contributed by atoms with Crippen LogP contribution in [0.3, 0.4) is 0 Å². The third-order valence-electron chi connectivity index (χ3n) is 6.30. The van der Waals surface area contributed by atoms with Gasteiger partial charge in [-0.3, -0.25) is 14.5 Å². The molecule has 3 heterocycles. The van der Waals surface area contributed by atoms with Gasteiger partial charge in [-0.05, 0) is 43.4 Å². The molecule has 2 aliphatic rings. The summed E-state index contributed by atoms with van der Waals surface area (Å²) in [5.74, 6) is 1.39. The van der Waals surface area contributed by atoms with Gasteiger partial charge in [-0.2, -0.15) is 0 Å². The normalized spacial score (nSPS) is 23.2. The summed E-state index contributed by atoms with van der Waals surface area (Å²) in [5, 5.41) is 8.28. The second-order valence-electron chi connectivity index (χ2n) is 8.92. The van der Waals surface area contributed by atoms with Gasteiger partial charge in [0.25, 0.3) is 5.91 Å². The van der Waals surface area contributed by atoms with Gasteiger partial charge in [0, 0.05) is 51.4 Å². The molecule has 0 aliphatic carbocycles. The SMILES string of the molecule is CCn1nnc2cc(C(=O)N3CCN(CC(=O)N4CC(C)CC(C)C4)CC3)ccc21. The quantitative estimate of drug-likeness (QED) is 0.764. The maximum absolute atomic E-state index is 12.9. The van der Waals surface area contributed by atoms with E-state index >= 15 is 0 Å². The highest BCUT2D eigenvalue weighted by atomic mass is 16.2. The van der Waals surface area contributed by atoms with Crippen LogP contribution in [0.1, 0.15) is 37.6 Å². The molecular formula is C22H32N6O2. The fourth-order valence-corrected chi connectivity index (χ4v) is 4.79. The number of fused-ring (bicyclic) bond motifs is 1. The molecule has 0 spiro atoms. The zero-order chi connectivity index (χ0) is 21.3. The molecule has 0 bridgehead atoms. The highest BCUT2D eigenvalue weighted by Crippen LogP contribution is 2.21. The molecule has 2 aliphatic heterocycles. The lowest BCUT2D eigenvalue weighted by molar-refractivity contribution is -0.135.